The number of carboxylic acid groups (broad SMARTS) is 1. The number of carbonyl (C=O) groups excluding carboxylic acids is 1. The van der Waals surface area contributed by atoms with E-state index in [9.17, 15) is 19.7 Å². The fourth-order valence-corrected chi connectivity index (χ4v) is 1.50. The molecule has 0 aliphatic heterocycles. The Kier molecular flexibility index (Phi) is 4.56. The third-order valence-corrected chi connectivity index (χ3v) is 2.37. The number of nitro groups is 1. The first-order valence-electron chi connectivity index (χ1n) is 5.55. The maximum atomic E-state index is 11.5. The van der Waals surface area contributed by atoms with Crippen molar-refractivity contribution in [3.63, 3.8) is 0 Å². The topological polar surface area (TPSA) is 125 Å². The number of aliphatic carboxylic acids is 1. The number of ether oxygens (including phenoxy) is 1. The molecular formula is C10H13N3O6. The lowest BCUT2D eigenvalue weighted by molar-refractivity contribution is -0.390. The fourth-order valence-electron chi connectivity index (χ4n) is 1.50. The molecule has 1 N–H and O–H groups in total. The Labute approximate surface area is 107 Å². The zero-order valence-electron chi connectivity index (χ0n) is 10.4. The summed E-state index contributed by atoms with van der Waals surface area (Å²) in [5.41, 5.74) is -0.355. The second-order valence-corrected chi connectivity index (χ2v) is 3.59. The van der Waals surface area contributed by atoms with Crippen molar-refractivity contribution >= 4 is 17.8 Å². The van der Waals surface area contributed by atoms with Gasteiger partial charge in [0.15, 0.2) is 11.6 Å². The Hall–Kier alpha value is -2.45. The molecule has 0 aliphatic rings. The molecule has 0 aromatic carbocycles. The molecule has 1 rings (SSSR count). The van der Waals surface area contributed by atoms with Gasteiger partial charge in [0.2, 0.25) is 0 Å². The third kappa shape index (κ3) is 3.06. The van der Waals surface area contributed by atoms with Crippen molar-refractivity contribution in [3.8, 4) is 0 Å². The zero-order chi connectivity index (χ0) is 14.6. The summed E-state index contributed by atoms with van der Waals surface area (Å²) < 4.78 is 5.56. The van der Waals surface area contributed by atoms with Crippen LogP contribution in [-0.2, 0) is 9.53 Å². The highest BCUT2D eigenvalue weighted by Crippen LogP contribution is 2.21. The van der Waals surface area contributed by atoms with E-state index in [2.05, 4.69) is 9.84 Å². The summed E-state index contributed by atoms with van der Waals surface area (Å²) in [4.78, 5) is 32.5. The first kappa shape index (κ1) is 14.6. The van der Waals surface area contributed by atoms with Crippen LogP contribution in [0.1, 0.15) is 36.7 Å². The van der Waals surface area contributed by atoms with E-state index in [4.69, 9.17) is 5.11 Å². The Bertz CT molecular complexity index is 509. The van der Waals surface area contributed by atoms with Crippen LogP contribution in [0, 0.1) is 10.1 Å². The van der Waals surface area contributed by atoms with Crippen LogP contribution in [0.2, 0.25) is 0 Å². The highest BCUT2D eigenvalue weighted by atomic mass is 16.6. The first-order valence-corrected chi connectivity index (χ1v) is 5.55. The zero-order valence-corrected chi connectivity index (χ0v) is 10.4. The molecule has 1 atom stereocenters. The number of rotatable bonds is 6. The smallest absolute Gasteiger partial charge is 0.404 e. The predicted molar refractivity (Wildman–Crippen MR) is 61.8 cm³/mol. The predicted octanol–water partition coefficient (Wildman–Crippen LogP) is 1.00. The van der Waals surface area contributed by atoms with Crippen LogP contribution in [0.4, 0.5) is 5.82 Å². The number of aromatic nitrogens is 2. The number of hydrogen-bond acceptors (Lipinski definition) is 6. The summed E-state index contributed by atoms with van der Waals surface area (Å²) >= 11 is 0. The molecule has 9 nitrogen and oxygen atoms in total. The number of esters is 1. The summed E-state index contributed by atoms with van der Waals surface area (Å²) in [5.74, 6) is -2.80. The summed E-state index contributed by atoms with van der Waals surface area (Å²) in [6, 6.07) is -1.07. The van der Waals surface area contributed by atoms with Crippen LogP contribution in [-0.4, -0.2) is 38.4 Å². The largest absolute Gasteiger partial charge is 0.480 e. The molecule has 1 aromatic rings. The molecule has 104 valence electrons. The van der Waals surface area contributed by atoms with E-state index in [1.165, 1.54) is 0 Å². The SMILES string of the molecule is CCOC(=O)c1cn(C(CC)C(=O)O)nc1[N+](=O)[O-]. The van der Waals surface area contributed by atoms with Gasteiger partial charge in [-0.25, -0.2) is 9.59 Å². The molecule has 0 saturated carbocycles. The van der Waals surface area contributed by atoms with Gasteiger partial charge in [0.05, 0.1) is 17.9 Å². The molecule has 0 saturated heterocycles. The molecule has 0 radical (unpaired) electrons. The van der Waals surface area contributed by atoms with Crippen LogP contribution in [0.25, 0.3) is 0 Å². The van der Waals surface area contributed by atoms with Crippen molar-refractivity contribution in [2.24, 2.45) is 0 Å². The van der Waals surface area contributed by atoms with Crippen LogP contribution in [0.15, 0.2) is 6.20 Å². The average Bonchev–Trinajstić information content (AvgIpc) is 2.74. The number of carboxylic acids is 1. The van der Waals surface area contributed by atoms with Gasteiger partial charge in [-0.3, -0.25) is 0 Å². The third-order valence-electron chi connectivity index (χ3n) is 2.37. The van der Waals surface area contributed by atoms with E-state index >= 15 is 0 Å². The van der Waals surface area contributed by atoms with Gasteiger partial charge in [0.1, 0.15) is 0 Å². The molecule has 0 amide bonds. The minimum absolute atomic E-state index is 0.0529. The maximum absolute atomic E-state index is 11.5. The van der Waals surface area contributed by atoms with Gasteiger partial charge in [-0.05, 0) is 18.3 Å². The first-order chi connectivity index (χ1) is 8.92. The standard InChI is InChI=1S/C10H13N3O6/c1-3-7(9(14)15)12-5-6(10(16)19-4-2)8(11-12)13(17)18/h5,7H,3-4H2,1-2H3,(H,14,15). The van der Waals surface area contributed by atoms with Gasteiger partial charge in [-0.15, -0.1) is 0 Å². The molecule has 0 fully saturated rings. The monoisotopic (exact) mass is 271 g/mol. The van der Waals surface area contributed by atoms with Crippen molar-refractivity contribution in [1.82, 2.24) is 9.78 Å². The van der Waals surface area contributed by atoms with Crippen molar-refractivity contribution in [2.75, 3.05) is 6.61 Å². The Morgan fingerprint density at radius 2 is 2.21 bits per heavy atom. The molecule has 1 unspecified atom stereocenters. The van der Waals surface area contributed by atoms with Gasteiger partial charge in [0.25, 0.3) is 0 Å². The minimum atomic E-state index is -1.18. The molecule has 0 bridgehead atoms. The van der Waals surface area contributed by atoms with E-state index in [0.29, 0.717) is 0 Å². The molecule has 0 aliphatic carbocycles. The van der Waals surface area contributed by atoms with Gasteiger partial charge in [0, 0.05) is 0 Å². The second kappa shape index (κ2) is 5.94. The Morgan fingerprint density at radius 3 is 2.63 bits per heavy atom. The van der Waals surface area contributed by atoms with Crippen molar-refractivity contribution < 1.29 is 24.4 Å². The molecule has 0 spiro atoms. The van der Waals surface area contributed by atoms with Crippen LogP contribution < -0.4 is 0 Å². The lowest BCUT2D eigenvalue weighted by Gasteiger charge is -2.05. The highest BCUT2D eigenvalue weighted by molar-refractivity contribution is 5.93. The molecule has 19 heavy (non-hydrogen) atoms. The van der Waals surface area contributed by atoms with E-state index < -0.39 is 28.7 Å². The van der Waals surface area contributed by atoms with Gasteiger partial charge < -0.3 is 20.0 Å². The van der Waals surface area contributed by atoms with E-state index in [-0.39, 0.29) is 18.6 Å². The Morgan fingerprint density at radius 1 is 1.58 bits per heavy atom. The summed E-state index contributed by atoms with van der Waals surface area (Å²) in [7, 11) is 0. The van der Waals surface area contributed by atoms with E-state index in [1.807, 2.05) is 0 Å². The van der Waals surface area contributed by atoms with Crippen LogP contribution >= 0.6 is 0 Å². The highest BCUT2D eigenvalue weighted by Gasteiger charge is 2.31. The Balaban J connectivity index is 3.24. The molecular weight excluding hydrogens is 258 g/mol. The summed E-state index contributed by atoms with van der Waals surface area (Å²) in [6.45, 7) is 3.20. The lowest BCUT2D eigenvalue weighted by atomic mass is 10.2. The normalized spacial score (nSPS) is 11.9. The summed E-state index contributed by atoms with van der Waals surface area (Å²) in [6.07, 6.45) is 1.20. The van der Waals surface area contributed by atoms with Crippen molar-refractivity contribution in [2.45, 2.75) is 26.3 Å². The maximum Gasteiger partial charge on any atom is 0.404 e. The fraction of sp³-hybridized carbons (Fsp3) is 0.500. The minimum Gasteiger partial charge on any atom is -0.480 e. The van der Waals surface area contributed by atoms with Gasteiger partial charge in [-0.1, -0.05) is 6.92 Å². The quantitative estimate of drug-likeness (QED) is 0.464. The van der Waals surface area contributed by atoms with Gasteiger partial charge >= 0.3 is 17.8 Å². The molecule has 1 aromatic heterocycles. The summed E-state index contributed by atoms with van der Waals surface area (Å²) in [5, 5.41) is 23.3. The van der Waals surface area contributed by atoms with Crippen LogP contribution in [0.3, 0.4) is 0 Å². The van der Waals surface area contributed by atoms with E-state index in [0.717, 1.165) is 10.9 Å². The molecule has 1 heterocycles. The number of nitrogens with zero attached hydrogens (tertiary/aromatic N) is 3. The average molecular weight is 271 g/mol. The van der Waals surface area contributed by atoms with E-state index in [1.54, 1.807) is 13.8 Å². The number of hydrogen-bond donors (Lipinski definition) is 1. The lowest BCUT2D eigenvalue weighted by Crippen LogP contribution is -2.18. The molecule has 9 heteroatoms. The number of carbonyl (C=O) groups is 2. The van der Waals surface area contributed by atoms with Crippen molar-refractivity contribution in [1.29, 1.82) is 0 Å². The second-order valence-electron chi connectivity index (χ2n) is 3.59. The van der Waals surface area contributed by atoms with Gasteiger partial charge in [-0.2, -0.15) is 4.68 Å². The van der Waals surface area contributed by atoms with Crippen LogP contribution in [0.5, 0.6) is 0 Å². The van der Waals surface area contributed by atoms with Crippen molar-refractivity contribution in [3.05, 3.63) is 21.9 Å².